The van der Waals surface area contributed by atoms with E-state index in [-0.39, 0.29) is 22.3 Å². The van der Waals surface area contributed by atoms with Gasteiger partial charge in [-0.15, -0.1) is 0 Å². The molecule has 0 aliphatic rings. The van der Waals surface area contributed by atoms with Crippen molar-refractivity contribution in [2.24, 2.45) is 0 Å². The van der Waals surface area contributed by atoms with E-state index in [0.29, 0.717) is 5.76 Å². The molecular formula is C16H21N3O5S. The fraction of sp³-hybridized carbons (Fsp3) is 0.375. The molecule has 1 heterocycles. The summed E-state index contributed by atoms with van der Waals surface area (Å²) in [6.07, 6.45) is 1.51. The molecule has 136 valence electrons. The van der Waals surface area contributed by atoms with Crippen LogP contribution in [0, 0.1) is 10.1 Å². The smallest absolute Gasteiger partial charge is 0.293 e. The van der Waals surface area contributed by atoms with Crippen molar-refractivity contribution in [3.8, 4) is 0 Å². The molecule has 2 aromatic rings. The Morgan fingerprint density at radius 2 is 1.92 bits per heavy atom. The quantitative estimate of drug-likeness (QED) is 0.597. The normalized spacial score (nSPS) is 13.4. The first-order valence-electron chi connectivity index (χ1n) is 7.62. The maximum Gasteiger partial charge on any atom is 0.293 e. The molecule has 2 N–H and O–H groups in total. The van der Waals surface area contributed by atoms with Crippen molar-refractivity contribution in [2.45, 2.75) is 44.2 Å². The number of furan rings is 1. The highest BCUT2D eigenvalue weighted by Gasteiger charge is 2.26. The summed E-state index contributed by atoms with van der Waals surface area (Å²) >= 11 is 0. The molecule has 0 saturated heterocycles. The van der Waals surface area contributed by atoms with E-state index in [4.69, 9.17) is 4.42 Å². The van der Waals surface area contributed by atoms with Gasteiger partial charge in [0.1, 0.15) is 11.4 Å². The number of nitro groups is 1. The van der Waals surface area contributed by atoms with Gasteiger partial charge in [-0.3, -0.25) is 10.1 Å². The molecule has 0 aliphatic carbocycles. The van der Waals surface area contributed by atoms with Crippen LogP contribution in [-0.4, -0.2) is 18.9 Å². The minimum atomic E-state index is -3.86. The zero-order valence-corrected chi connectivity index (χ0v) is 15.3. The standard InChI is InChI=1S/C16H21N3O5S/c1-11(15-6-5-9-24-15)17-13-8-7-12(10-14(13)19(20)21)25(22,23)18-16(2,3)4/h5-11,17-18H,1-4H3/t11-/m0/s1. The number of sulfonamides is 1. The van der Waals surface area contributed by atoms with Gasteiger partial charge in [0.15, 0.2) is 0 Å². The largest absolute Gasteiger partial charge is 0.467 e. The van der Waals surface area contributed by atoms with Gasteiger partial charge in [0, 0.05) is 11.6 Å². The Hall–Kier alpha value is -2.39. The predicted molar refractivity (Wildman–Crippen MR) is 93.9 cm³/mol. The third-order valence-electron chi connectivity index (χ3n) is 3.26. The summed E-state index contributed by atoms with van der Waals surface area (Å²) < 4.78 is 32.5. The van der Waals surface area contributed by atoms with Crippen molar-refractivity contribution >= 4 is 21.4 Å². The zero-order chi connectivity index (χ0) is 18.8. The molecule has 0 aliphatic heterocycles. The number of nitrogens with one attached hydrogen (secondary N) is 2. The maximum atomic E-state index is 12.4. The van der Waals surface area contributed by atoms with Crippen molar-refractivity contribution in [1.82, 2.24) is 4.72 Å². The van der Waals surface area contributed by atoms with Gasteiger partial charge in [0.05, 0.1) is 22.1 Å². The third-order valence-corrected chi connectivity index (χ3v) is 5.01. The summed E-state index contributed by atoms with van der Waals surface area (Å²) in [7, 11) is -3.86. The van der Waals surface area contributed by atoms with Crippen LogP contribution in [0.4, 0.5) is 11.4 Å². The Morgan fingerprint density at radius 1 is 1.24 bits per heavy atom. The highest BCUT2D eigenvalue weighted by atomic mass is 32.2. The van der Waals surface area contributed by atoms with E-state index < -0.39 is 20.5 Å². The summed E-state index contributed by atoms with van der Waals surface area (Å²) in [5, 5.41) is 14.4. The molecule has 8 nitrogen and oxygen atoms in total. The second kappa shape index (κ2) is 6.85. The monoisotopic (exact) mass is 367 g/mol. The number of anilines is 1. The van der Waals surface area contributed by atoms with Gasteiger partial charge in [-0.1, -0.05) is 0 Å². The summed E-state index contributed by atoms with van der Waals surface area (Å²) in [5.41, 5.74) is -0.808. The Bertz CT molecular complexity index is 854. The molecule has 0 bridgehead atoms. The van der Waals surface area contributed by atoms with Gasteiger partial charge in [0.2, 0.25) is 10.0 Å². The van der Waals surface area contributed by atoms with Crippen LogP contribution in [0.1, 0.15) is 39.5 Å². The van der Waals surface area contributed by atoms with Gasteiger partial charge >= 0.3 is 0 Å². The van der Waals surface area contributed by atoms with Gasteiger partial charge in [0.25, 0.3) is 5.69 Å². The van der Waals surface area contributed by atoms with Crippen LogP contribution >= 0.6 is 0 Å². The molecule has 0 spiro atoms. The second-order valence-corrected chi connectivity index (χ2v) is 8.36. The van der Waals surface area contributed by atoms with E-state index in [9.17, 15) is 18.5 Å². The fourth-order valence-electron chi connectivity index (χ4n) is 2.26. The Labute approximate surface area is 146 Å². The summed E-state index contributed by atoms with van der Waals surface area (Å²) in [4.78, 5) is 10.6. The van der Waals surface area contributed by atoms with Crippen molar-refractivity contribution in [2.75, 3.05) is 5.32 Å². The molecular weight excluding hydrogens is 346 g/mol. The number of nitrogens with zero attached hydrogens (tertiary/aromatic N) is 1. The van der Waals surface area contributed by atoms with Crippen molar-refractivity contribution < 1.29 is 17.8 Å². The lowest BCUT2D eigenvalue weighted by Crippen LogP contribution is -2.40. The van der Waals surface area contributed by atoms with E-state index in [1.807, 2.05) is 0 Å². The molecule has 1 aromatic heterocycles. The van der Waals surface area contributed by atoms with E-state index in [1.165, 1.54) is 18.4 Å². The average molecular weight is 367 g/mol. The zero-order valence-electron chi connectivity index (χ0n) is 14.4. The van der Waals surface area contributed by atoms with Crippen molar-refractivity contribution in [3.05, 3.63) is 52.5 Å². The van der Waals surface area contributed by atoms with Crippen LogP contribution in [-0.2, 0) is 10.0 Å². The van der Waals surface area contributed by atoms with Gasteiger partial charge in [-0.05, 0) is 52.0 Å². The van der Waals surface area contributed by atoms with E-state index in [1.54, 1.807) is 39.8 Å². The minimum Gasteiger partial charge on any atom is -0.467 e. The lowest BCUT2D eigenvalue weighted by molar-refractivity contribution is -0.384. The Kier molecular flexibility index (Phi) is 5.19. The van der Waals surface area contributed by atoms with Crippen LogP contribution < -0.4 is 10.0 Å². The lowest BCUT2D eigenvalue weighted by Gasteiger charge is -2.20. The van der Waals surface area contributed by atoms with E-state index >= 15 is 0 Å². The molecule has 1 atom stereocenters. The first kappa shape index (κ1) is 18.9. The number of hydrogen-bond acceptors (Lipinski definition) is 6. The SMILES string of the molecule is C[C@H](Nc1ccc(S(=O)(=O)NC(C)(C)C)cc1[N+](=O)[O-])c1ccco1. The maximum absolute atomic E-state index is 12.4. The molecule has 0 unspecified atom stereocenters. The molecule has 0 radical (unpaired) electrons. The lowest BCUT2D eigenvalue weighted by atomic mass is 10.1. The van der Waals surface area contributed by atoms with Gasteiger partial charge in [-0.25, -0.2) is 13.1 Å². The van der Waals surface area contributed by atoms with Crippen LogP contribution in [0.25, 0.3) is 0 Å². The molecule has 1 aromatic carbocycles. The van der Waals surface area contributed by atoms with Crippen LogP contribution in [0.5, 0.6) is 0 Å². The van der Waals surface area contributed by atoms with Gasteiger partial charge < -0.3 is 9.73 Å². The van der Waals surface area contributed by atoms with Crippen LogP contribution in [0.2, 0.25) is 0 Å². The number of benzene rings is 1. The minimum absolute atomic E-state index is 0.162. The first-order valence-corrected chi connectivity index (χ1v) is 9.10. The molecule has 0 fully saturated rings. The highest BCUT2D eigenvalue weighted by Crippen LogP contribution is 2.31. The van der Waals surface area contributed by atoms with Crippen LogP contribution in [0.3, 0.4) is 0 Å². The molecule has 0 saturated carbocycles. The van der Waals surface area contributed by atoms with Crippen molar-refractivity contribution in [1.29, 1.82) is 0 Å². The Morgan fingerprint density at radius 3 is 2.44 bits per heavy atom. The molecule has 25 heavy (non-hydrogen) atoms. The third kappa shape index (κ3) is 4.80. The molecule has 0 amide bonds. The van der Waals surface area contributed by atoms with Gasteiger partial charge in [-0.2, -0.15) is 0 Å². The highest BCUT2D eigenvalue weighted by molar-refractivity contribution is 7.89. The number of rotatable bonds is 6. The van der Waals surface area contributed by atoms with E-state index in [2.05, 4.69) is 10.0 Å². The van der Waals surface area contributed by atoms with Crippen LogP contribution in [0.15, 0.2) is 45.9 Å². The first-order chi connectivity index (χ1) is 11.5. The number of nitro benzene ring substituents is 1. The summed E-state index contributed by atoms with van der Waals surface area (Å²) in [6.45, 7) is 6.87. The molecule has 9 heteroatoms. The summed E-state index contributed by atoms with van der Waals surface area (Å²) in [6, 6.07) is 6.91. The second-order valence-electron chi connectivity index (χ2n) is 6.67. The van der Waals surface area contributed by atoms with Crippen molar-refractivity contribution in [3.63, 3.8) is 0 Å². The van der Waals surface area contributed by atoms with E-state index in [0.717, 1.165) is 6.07 Å². The average Bonchev–Trinajstić information content (AvgIpc) is 2.98. The molecule has 2 rings (SSSR count). The number of hydrogen-bond donors (Lipinski definition) is 2. The predicted octanol–water partition coefficient (Wildman–Crippen LogP) is 3.44. The topological polar surface area (TPSA) is 114 Å². The summed E-state index contributed by atoms with van der Waals surface area (Å²) in [5.74, 6) is 0.611. The fourth-order valence-corrected chi connectivity index (χ4v) is 3.69. The Balaban J connectivity index is 2.36.